The fourth-order valence-electron chi connectivity index (χ4n) is 3.73. The lowest BCUT2D eigenvalue weighted by Gasteiger charge is -2.39. The Balaban J connectivity index is 1.63. The lowest BCUT2D eigenvalue weighted by Crippen LogP contribution is -2.44. The normalized spacial score (nSPS) is 18.5. The molecule has 1 aliphatic rings. The molecule has 0 saturated carbocycles. The number of nitrogens with zero attached hydrogens (tertiary/aromatic N) is 1. The van der Waals surface area contributed by atoms with E-state index < -0.39 is 11.7 Å². The van der Waals surface area contributed by atoms with Crippen LogP contribution in [0.1, 0.15) is 41.2 Å². The largest absolute Gasteiger partial charge is 0.496 e. The summed E-state index contributed by atoms with van der Waals surface area (Å²) in [5.41, 5.74) is 3.39. The molecular formula is C22H29NO3. The van der Waals surface area contributed by atoms with Crippen LogP contribution >= 0.6 is 0 Å². The van der Waals surface area contributed by atoms with Crippen molar-refractivity contribution in [2.45, 2.75) is 38.4 Å². The first kappa shape index (κ1) is 18.9. The zero-order valence-electron chi connectivity index (χ0n) is 15.9. The molecule has 1 unspecified atom stereocenters. The predicted molar refractivity (Wildman–Crippen MR) is 103 cm³/mol. The topological polar surface area (TPSA) is 52.9 Å². The van der Waals surface area contributed by atoms with E-state index in [1.165, 1.54) is 11.1 Å². The van der Waals surface area contributed by atoms with Gasteiger partial charge in [0.25, 0.3) is 0 Å². The van der Waals surface area contributed by atoms with Crippen molar-refractivity contribution in [3.8, 4) is 5.75 Å². The summed E-state index contributed by atoms with van der Waals surface area (Å²) in [6.07, 6.45) is 0.756. The van der Waals surface area contributed by atoms with Crippen molar-refractivity contribution < 1.29 is 14.9 Å². The third kappa shape index (κ3) is 3.93. The highest BCUT2D eigenvalue weighted by atomic mass is 16.5. The number of methoxy groups -OCH3 is 1. The van der Waals surface area contributed by atoms with Gasteiger partial charge in [-0.1, -0.05) is 36.4 Å². The van der Waals surface area contributed by atoms with Crippen LogP contribution in [-0.2, 0) is 5.60 Å². The number of likely N-dealkylation sites (tertiary alicyclic amines) is 1. The van der Waals surface area contributed by atoms with Crippen molar-refractivity contribution in [1.82, 2.24) is 4.90 Å². The molecule has 0 radical (unpaired) electrons. The van der Waals surface area contributed by atoms with E-state index in [9.17, 15) is 10.2 Å². The summed E-state index contributed by atoms with van der Waals surface area (Å²) in [6.45, 7) is 6.23. The summed E-state index contributed by atoms with van der Waals surface area (Å²) < 4.78 is 5.42. The van der Waals surface area contributed by atoms with Crippen molar-refractivity contribution in [1.29, 1.82) is 0 Å². The van der Waals surface area contributed by atoms with E-state index in [1.807, 2.05) is 30.3 Å². The molecule has 0 aromatic heterocycles. The average molecular weight is 355 g/mol. The van der Waals surface area contributed by atoms with E-state index in [1.54, 1.807) is 7.11 Å². The van der Waals surface area contributed by atoms with E-state index in [2.05, 4.69) is 30.9 Å². The number of β-amino-alcohol motifs (C(OH)–C–C–N with tert-alkyl or cyclic N) is 1. The Morgan fingerprint density at radius 3 is 2.42 bits per heavy atom. The first-order valence-corrected chi connectivity index (χ1v) is 9.26. The number of benzene rings is 2. The Kier molecular flexibility index (Phi) is 5.66. The Hall–Kier alpha value is -1.88. The highest BCUT2D eigenvalue weighted by Crippen LogP contribution is 2.38. The summed E-state index contributed by atoms with van der Waals surface area (Å²) >= 11 is 0. The first-order chi connectivity index (χ1) is 12.4. The van der Waals surface area contributed by atoms with Gasteiger partial charge in [0, 0.05) is 25.2 Å². The molecule has 1 fully saturated rings. The number of aliphatic hydroxyl groups is 2. The number of aliphatic hydroxyl groups excluding tert-OH is 1. The molecule has 1 atom stereocenters. The molecule has 2 N–H and O–H groups in total. The van der Waals surface area contributed by atoms with Crippen molar-refractivity contribution in [2.24, 2.45) is 0 Å². The molecule has 0 aliphatic carbocycles. The molecule has 0 bridgehead atoms. The van der Waals surface area contributed by atoms with Gasteiger partial charge in [0.05, 0.1) is 18.8 Å². The fraction of sp³-hybridized carbons (Fsp3) is 0.455. The number of ether oxygens (including phenoxy) is 1. The standard InChI is InChI=1S/C22H29NO3/c1-16-8-9-18(14-17(16)2)20(24)15-23-12-10-22(25,11-13-23)19-6-4-5-7-21(19)26-3/h4-9,14,20,24-25H,10-13,15H2,1-3H3. The molecule has 1 heterocycles. The Labute approximate surface area is 156 Å². The van der Waals surface area contributed by atoms with Crippen molar-refractivity contribution >= 4 is 0 Å². The van der Waals surface area contributed by atoms with Crippen molar-refractivity contribution in [3.63, 3.8) is 0 Å². The number of hydrogen-bond acceptors (Lipinski definition) is 4. The molecule has 2 aromatic carbocycles. The van der Waals surface area contributed by atoms with Gasteiger partial charge in [-0.2, -0.15) is 0 Å². The molecule has 4 nitrogen and oxygen atoms in total. The lowest BCUT2D eigenvalue weighted by atomic mass is 9.83. The van der Waals surface area contributed by atoms with Crippen LogP contribution < -0.4 is 4.74 Å². The van der Waals surface area contributed by atoms with Gasteiger partial charge in [0.2, 0.25) is 0 Å². The number of hydrogen-bond donors (Lipinski definition) is 2. The van der Waals surface area contributed by atoms with Gasteiger partial charge in [0.1, 0.15) is 5.75 Å². The second-order valence-corrected chi connectivity index (χ2v) is 7.39. The van der Waals surface area contributed by atoms with Gasteiger partial charge in [-0.3, -0.25) is 0 Å². The molecule has 1 aliphatic heterocycles. The summed E-state index contributed by atoms with van der Waals surface area (Å²) in [6, 6.07) is 13.8. The number of rotatable bonds is 5. The molecule has 1 saturated heterocycles. The molecule has 0 spiro atoms. The second-order valence-electron chi connectivity index (χ2n) is 7.39. The van der Waals surface area contributed by atoms with E-state index in [0.29, 0.717) is 19.4 Å². The summed E-state index contributed by atoms with van der Waals surface area (Å²) in [4.78, 5) is 2.23. The SMILES string of the molecule is COc1ccccc1C1(O)CCN(CC(O)c2ccc(C)c(C)c2)CC1. The summed E-state index contributed by atoms with van der Waals surface area (Å²) in [5.74, 6) is 0.735. The average Bonchev–Trinajstić information content (AvgIpc) is 2.66. The second kappa shape index (κ2) is 7.78. The summed E-state index contributed by atoms with van der Waals surface area (Å²) in [5, 5.41) is 21.7. The van der Waals surface area contributed by atoms with Crippen LogP contribution in [-0.4, -0.2) is 41.9 Å². The molecular weight excluding hydrogens is 326 g/mol. The molecule has 3 rings (SSSR count). The fourth-order valence-corrected chi connectivity index (χ4v) is 3.73. The highest BCUT2D eigenvalue weighted by Gasteiger charge is 2.36. The Morgan fingerprint density at radius 1 is 1.08 bits per heavy atom. The van der Waals surface area contributed by atoms with Crippen LogP contribution in [0.3, 0.4) is 0 Å². The van der Waals surface area contributed by atoms with E-state index >= 15 is 0 Å². The molecule has 26 heavy (non-hydrogen) atoms. The number of piperidine rings is 1. The van der Waals surface area contributed by atoms with Crippen LogP contribution in [0.5, 0.6) is 5.75 Å². The van der Waals surface area contributed by atoms with Crippen LogP contribution in [0, 0.1) is 13.8 Å². The maximum atomic E-state index is 11.1. The molecule has 0 amide bonds. The number of aryl methyl sites for hydroxylation is 2. The van der Waals surface area contributed by atoms with Crippen molar-refractivity contribution in [3.05, 3.63) is 64.7 Å². The zero-order chi connectivity index (χ0) is 18.7. The molecule has 140 valence electrons. The van der Waals surface area contributed by atoms with Crippen LogP contribution in [0.15, 0.2) is 42.5 Å². The maximum Gasteiger partial charge on any atom is 0.124 e. The highest BCUT2D eigenvalue weighted by molar-refractivity contribution is 5.38. The Bertz CT molecular complexity index is 751. The third-order valence-corrected chi connectivity index (χ3v) is 5.64. The smallest absolute Gasteiger partial charge is 0.124 e. The number of para-hydroxylation sites is 1. The van der Waals surface area contributed by atoms with Crippen LogP contribution in [0.4, 0.5) is 0 Å². The van der Waals surface area contributed by atoms with Gasteiger partial charge in [-0.05, 0) is 49.4 Å². The van der Waals surface area contributed by atoms with Crippen LogP contribution in [0.25, 0.3) is 0 Å². The quantitative estimate of drug-likeness (QED) is 0.864. The minimum absolute atomic E-state index is 0.508. The minimum atomic E-state index is -0.867. The minimum Gasteiger partial charge on any atom is -0.496 e. The van der Waals surface area contributed by atoms with E-state index in [0.717, 1.165) is 30.0 Å². The van der Waals surface area contributed by atoms with Crippen LogP contribution in [0.2, 0.25) is 0 Å². The van der Waals surface area contributed by atoms with Gasteiger partial charge in [-0.25, -0.2) is 0 Å². The van der Waals surface area contributed by atoms with Crippen molar-refractivity contribution in [2.75, 3.05) is 26.7 Å². The first-order valence-electron chi connectivity index (χ1n) is 9.26. The molecule has 2 aromatic rings. The summed E-state index contributed by atoms with van der Waals surface area (Å²) in [7, 11) is 1.64. The van der Waals surface area contributed by atoms with Gasteiger partial charge < -0.3 is 19.8 Å². The maximum absolute atomic E-state index is 11.1. The third-order valence-electron chi connectivity index (χ3n) is 5.64. The zero-order valence-corrected chi connectivity index (χ0v) is 15.9. The van der Waals surface area contributed by atoms with E-state index in [-0.39, 0.29) is 0 Å². The van der Waals surface area contributed by atoms with Gasteiger partial charge >= 0.3 is 0 Å². The van der Waals surface area contributed by atoms with E-state index in [4.69, 9.17) is 4.74 Å². The Morgan fingerprint density at radius 2 is 1.77 bits per heavy atom. The monoisotopic (exact) mass is 355 g/mol. The lowest BCUT2D eigenvalue weighted by molar-refractivity contribution is -0.0358. The van der Waals surface area contributed by atoms with Gasteiger partial charge in [0.15, 0.2) is 0 Å². The predicted octanol–water partition coefficient (Wildman–Crippen LogP) is 3.33. The molecule has 4 heteroatoms. The van der Waals surface area contributed by atoms with Gasteiger partial charge in [-0.15, -0.1) is 0 Å².